The Labute approximate surface area is 103 Å². The molecule has 0 rings (SSSR count). The first-order valence-electron chi connectivity index (χ1n) is 6.05. The van der Waals surface area contributed by atoms with Gasteiger partial charge in [-0.25, -0.2) is 0 Å². The number of ether oxygens (including phenoxy) is 1. The van der Waals surface area contributed by atoms with Crippen molar-refractivity contribution in [2.75, 3.05) is 13.2 Å². The van der Waals surface area contributed by atoms with E-state index >= 15 is 0 Å². The second kappa shape index (κ2) is 9.89. The zero-order chi connectivity index (χ0) is 13.1. The molecule has 0 fully saturated rings. The SMILES string of the molecule is CCCCCOC(=O)[C@@H](N)CCCN=C(N)N. The Morgan fingerprint density at radius 2 is 2.00 bits per heavy atom. The zero-order valence-electron chi connectivity index (χ0n) is 10.5. The molecule has 0 aromatic heterocycles. The number of esters is 1. The van der Waals surface area contributed by atoms with Gasteiger partial charge in [-0.05, 0) is 19.3 Å². The van der Waals surface area contributed by atoms with Crippen molar-refractivity contribution < 1.29 is 9.53 Å². The van der Waals surface area contributed by atoms with E-state index in [4.69, 9.17) is 21.9 Å². The van der Waals surface area contributed by atoms with Crippen LogP contribution in [0, 0.1) is 0 Å². The van der Waals surface area contributed by atoms with Gasteiger partial charge in [0, 0.05) is 6.54 Å². The molecule has 0 bridgehead atoms. The molecule has 6 heteroatoms. The zero-order valence-corrected chi connectivity index (χ0v) is 10.5. The molecule has 0 aliphatic rings. The maximum atomic E-state index is 11.4. The number of nitrogens with two attached hydrogens (primary N) is 3. The summed E-state index contributed by atoms with van der Waals surface area (Å²) in [6.45, 7) is 3.03. The van der Waals surface area contributed by atoms with Crippen LogP contribution in [-0.2, 0) is 9.53 Å². The van der Waals surface area contributed by atoms with Gasteiger partial charge in [-0.15, -0.1) is 0 Å². The number of carbonyl (C=O) groups is 1. The number of nitrogens with zero attached hydrogens (tertiary/aromatic N) is 1. The summed E-state index contributed by atoms with van der Waals surface area (Å²) in [5, 5.41) is 0. The third-order valence-electron chi connectivity index (χ3n) is 2.26. The third kappa shape index (κ3) is 9.62. The van der Waals surface area contributed by atoms with Gasteiger partial charge in [0.1, 0.15) is 6.04 Å². The highest BCUT2D eigenvalue weighted by Gasteiger charge is 2.13. The molecule has 0 aliphatic heterocycles. The number of rotatable bonds is 9. The molecule has 6 nitrogen and oxygen atoms in total. The lowest BCUT2D eigenvalue weighted by atomic mass is 10.2. The van der Waals surface area contributed by atoms with Crippen molar-refractivity contribution in [2.45, 2.75) is 45.1 Å². The maximum Gasteiger partial charge on any atom is 0.322 e. The van der Waals surface area contributed by atoms with Crippen molar-refractivity contribution in [3.8, 4) is 0 Å². The van der Waals surface area contributed by atoms with Gasteiger partial charge in [-0.2, -0.15) is 0 Å². The van der Waals surface area contributed by atoms with Gasteiger partial charge < -0.3 is 21.9 Å². The van der Waals surface area contributed by atoms with E-state index in [1.165, 1.54) is 0 Å². The summed E-state index contributed by atoms with van der Waals surface area (Å²) in [7, 11) is 0. The summed E-state index contributed by atoms with van der Waals surface area (Å²) in [4.78, 5) is 15.2. The molecule has 0 radical (unpaired) electrons. The average molecular weight is 244 g/mol. The van der Waals surface area contributed by atoms with Crippen LogP contribution in [0.1, 0.15) is 39.0 Å². The molecule has 0 aromatic carbocycles. The quantitative estimate of drug-likeness (QED) is 0.230. The Morgan fingerprint density at radius 3 is 2.59 bits per heavy atom. The van der Waals surface area contributed by atoms with Crippen LogP contribution < -0.4 is 17.2 Å². The van der Waals surface area contributed by atoms with E-state index < -0.39 is 6.04 Å². The van der Waals surface area contributed by atoms with Crippen LogP contribution in [-0.4, -0.2) is 31.1 Å². The highest BCUT2D eigenvalue weighted by Crippen LogP contribution is 2.00. The van der Waals surface area contributed by atoms with Crippen LogP contribution in [0.15, 0.2) is 4.99 Å². The first-order valence-corrected chi connectivity index (χ1v) is 6.05. The summed E-state index contributed by atoms with van der Waals surface area (Å²) in [6, 6.07) is -0.578. The molecule has 100 valence electrons. The summed E-state index contributed by atoms with van der Waals surface area (Å²) < 4.78 is 5.03. The van der Waals surface area contributed by atoms with Crippen molar-refractivity contribution >= 4 is 11.9 Å². The van der Waals surface area contributed by atoms with Gasteiger partial charge in [0.05, 0.1) is 6.61 Å². The topological polar surface area (TPSA) is 117 Å². The van der Waals surface area contributed by atoms with Gasteiger partial charge in [-0.3, -0.25) is 9.79 Å². The Hall–Kier alpha value is -1.30. The van der Waals surface area contributed by atoms with E-state index in [1.807, 2.05) is 0 Å². The summed E-state index contributed by atoms with van der Waals surface area (Å²) >= 11 is 0. The number of unbranched alkanes of at least 4 members (excludes halogenated alkanes) is 2. The molecular weight excluding hydrogens is 220 g/mol. The lowest BCUT2D eigenvalue weighted by Gasteiger charge is -2.10. The molecule has 0 aromatic rings. The Morgan fingerprint density at radius 1 is 1.29 bits per heavy atom. The van der Waals surface area contributed by atoms with Gasteiger partial charge >= 0.3 is 5.97 Å². The fourth-order valence-electron chi connectivity index (χ4n) is 1.27. The number of hydrogen-bond donors (Lipinski definition) is 3. The van der Waals surface area contributed by atoms with Crippen LogP contribution in [0.5, 0.6) is 0 Å². The Kier molecular flexibility index (Phi) is 9.14. The summed E-state index contributed by atoms with van der Waals surface area (Å²) in [5.74, 6) is -0.286. The minimum absolute atomic E-state index is 0.0562. The van der Waals surface area contributed by atoms with E-state index in [-0.39, 0.29) is 11.9 Å². The maximum absolute atomic E-state index is 11.4. The first-order chi connectivity index (χ1) is 8.07. The second-order valence-corrected chi connectivity index (χ2v) is 3.93. The Balaban J connectivity index is 3.57. The van der Waals surface area contributed by atoms with Gasteiger partial charge in [0.2, 0.25) is 0 Å². The minimum atomic E-state index is -0.578. The van der Waals surface area contributed by atoms with Crippen molar-refractivity contribution in [2.24, 2.45) is 22.2 Å². The molecule has 17 heavy (non-hydrogen) atoms. The standard InChI is InChI=1S/C11H24N4O2/c1-2-3-4-8-17-10(16)9(12)6-5-7-15-11(13)14/h9H,2-8,12H2,1H3,(H4,13,14,15)/t9-/m0/s1. The first kappa shape index (κ1) is 15.7. The fraction of sp³-hybridized carbons (Fsp3) is 0.818. The average Bonchev–Trinajstić information content (AvgIpc) is 2.29. The molecule has 1 atom stereocenters. The van der Waals surface area contributed by atoms with E-state index in [0.29, 0.717) is 26.0 Å². The van der Waals surface area contributed by atoms with Crippen LogP contribution in [0.3, 0.4) is 0 Å². The molecule has 0 saturated heterocycles. The van der Waals surface area contributed by atoms with Crippen molar-refractivity contribution in [1.82, 2.24) is 0 Å². The van der Waals surface area contributed by atoms with Gasteiger partial charge in [-0.1, -0.05) is 19.8 Å². The van der Waals surface area contributed by atoms with Crippen molar-refractivity contribution in [1.29, 1.82) is 0 Å². The second-order valence-electron chi connectivity index (χ2n) is 3.93. The largest absolute Gasteiger partial charge is 0.465 e. The summed E-state index contributed by atoms with van der Waals surface area (Å²) in [6.07, 6.45) is 4.25. The van der Waals surface area contributed by atoms with E-state index in [1.54, 1.807) is 0 Å². The molecule has 0 saturated carbocycles. The molecular formula is C11H24N4O2. The number of aliphatic imine (C=N–C) groups is 1. The summed E-state index contributed by atoms with van der Waals surface area (Å²) in [5.41, 5.74) is 16.0. The van der Waals surface area contributed by atoms with Crippen LogP contribution in [0.4, 0.5) is 0 Å². The Bertz CT molecular complexity index is 240. The molecule has 0 heterocycles. The lowest BCUT2D eigenvalue weighted by molar-refractivity contribution is -0.145. The third-order valence-corrected chi connectivity index (χ3v) is 2.26. The van der Waals surface area contributed by atoms with E-state index in [2.05, 4.69) is 11.9 Å². The number of hydrogen-bond acceptors (Lipinski definition) is 4. The smallest absolute Gasteiger partial charge is 0.322 e. The van der Waals surface area contributed by atoms with Gasteiger partial charge in [0.15, 0.2) is 5.96 Å². The van der Waals surface area contributed by atoms with Crippen LogP contribution in [0.25, 0.3) is 0 Å². The van der Waals surface area contributed by atoms with E-state index in [0.717, 1.165) is 19.3 Å². The molecule has 0 unspecified atom stereocenters. The van der Waals surface area contributed by atoms with E-state index in [9.17, 15) is 4.79 Å². The highest BCUT2D eigenvalue weighted by molar-refractivity contribution is 5.76. The van der Waals surface area contributed by atoms with Gasteiger partial charge in [0.25, 0.3) is 0 Å². The van der Waals surface area contributed by atoms with Crippen LogP contribution in [0.2, 0.25) is 0 Å². The predicted molar refractivity (Wildman–Crippen MR) is 68.4 cm³/mol. The number of guanidine groups is 1. The molecule has 0 aliphatic carbocycles. The molecule has 0 amide bonds. The normalized spacial score (nSPS) is 11.9. The van der Waals surface area contributed by atoms with Crippen LogP contribution >= 0.6 is 0 Å². The molecule has 6 N–H and O–H groups in total. The predicted octanol–water partition coefficient (Wildman–Crippen LogP) is 0.101. The minimum Gasteiger partial charge on any atom is -0.465 e. The molecule has 0 spiro atoms. The highest BCUT2D eigenvalue weighted by atomic mass is 16.5. The monoisotopic (exact) mass is 244 g/mol. The lowest BCUT2D eigenvalue weighted by Crippen LogP contribution is -2.32. The van der Waals surface area contributed by atoms with Crippen molar-refractivity contribution in [3.05, 3.63) is 0 Å². The fourth-order valence-corrected chi connectivity index (χ4v) is 1.27. The van der Waals surface area contributed by atoms with Crippen molar-refractivity contribution in [3.63, 3.8) is 0 Å². The number of carbonyl (C=O) groups excluding carboxylic acids is 1.